The molecule has 3 atom stereocenters. The van der Waals surface area contributed by atoms with E-state index in [-0.39, 0.29) is 5.92 Å². The molecule has 0 amide bonds. The highest BCUT2D eigenvalue weighted by molar-refractivity contribution is 6.05. The number of carbonyl (C=O) groups is 1. The second-order valence-corrected chi connectivity index (χ2v) is 5.72. The van der Waals surface area contributed by atoms with E-state index in [2.05, 4.69) is 35.4 Å². The van der Waals surface area contributed by atoms with Crippen LogP contribution in [0.2, 0.25) is 0 Å². The number of piperidine rings is 1. The Balaban J connectivity index is 2.01. The van der Waals surface area contributed by atoms with Crippen molar-refractivity contribution in [2.45, 2.75) is 25.8 Å². The van der Waals surface area contributed by atoms with Crippen molar-refractivity contribution in [1.29, 1.82) is 0 Å². The molecule has 2 aromatic rings. The summed E-state index contributed by atoms with van der Waals surface area (Å²) in [5, 5.41) is 4.84. The van der Waals surface area contributed by atoms with E-state index in [0.717, 1.165) is 30.6 Å². The molecule has 1 aromatic carbocycles. The van der Waals surface area contributed by atoms with E-state index in [1.54, 1.807) is 0 Å². The molecule has 3 heteroatoms. The van der Waals surface area contributed by atoms with Crippen molar-refractivity contribution < 1.29 is 4.79 Å². The Morgan fingerprint density at radius 1 is 1.32 bits per heavy atom. The third kappa shape index (κ3) is 1.39. The van der Waals surface area contributed by atoms with Crippen LogP contribution in [0.1, 0.15) is 41.9 Å². The molecule has 0 radical (unpaired) electrons. The molecule has 1 fully saturated rings. The number of ketones is 1. The van der Waals surface area contributed by atoms with Gasteiger partial charge in [-0.25, -0.2) is 0 Å². The zero-order chi connectivity index (χ0) is 13.0. The van der Waals surface area contributed by atoms with Gasteiger partial charge in [0.05, 0.1) is 5.69 Å². The minimum absolute atomic E-state index is 0.205. The first kappa shape index (κ1) is 11.2. The van der Waals surface area contributed by atoms with Gasteiger partial charge in [0.15, 0.2) is 5.78 Å². The van der Waals surface area contributed by atoms with Crippen molar-refractivity contribution in [3.05, 3.63) is 35.5 Å². The summed E-state index contributed by atoms with van der Waals surface area (Å²) in [4.78, 5) is 16.1. The van der Waals surface area contributed by atoms with E-state index in [1.807, 2.05) is 6.07 Å². The molecule has 1 saturated heterocycles. The summed E-state index contributed by atoms with van der Waals surface area (Å²) in [5.41, 5.74) is 3.15. The number of carbonyl (C=O) groups excluding carboxylic acids is 1. The van der Waals surface area contributed by atoms with Crippen LogP contribution in [0, 0.1) is 11.8 Å². The molecule has 2 aliphatic rings. The monoisotopic (exact) mass is 254 g/mol. The molecule has 0 unspecified atom stereocenters. The van der Waals surface area contributed by atoms with Crippen molar-refractivity contribution in [1.82, 2.24) is 10.3 Å². The summed E-state index contributed by atoms with van der Waals surface area (Å²) in [5.74, 6) is 0.987. The highest BCUT2D eigenvalue weighted by Gasteiger charge is 2.45. The molecular formula is C16H18N2O. The maximum Gasteiger partial charge on any atom is 0.182 e. The Labute approximate surface area is 112 Å². The zero-order valence-corrected chi connectivity index (χ0v) is 11.1. The topological polar surface area (TPSA) is 44.9 Å². The fraction of sp³-hybridized carbons (Fsp3) is 0.438. The number of hydrogen-bond acceptors (Lipinski definition) is 2. The van der Waals surface area contributed by atoms with Gasteiger partial charge in [-0.3, -0.25) is 4.79 Å². The van der Waals surface area contributed by atoms with Gasteiger partial charge in [-0.05, 0) is 24.9 Å². The normalized spacial score (nSPS) is 29.5. The predicted octanol–water partition coefficient (Wildman–Crippen LogP) is 3.04. The first-order valence-corrected chi connectivity index (χ1v) is 7.19. The van der Waals surface area contributed by atoms with Crippen LogP contribution in [-0.4, -0.2) is 17.3 Å². The average molecular weight is 254 g/mol. The molecule has 0 spiro atoms. The number of para-hydroxylation sites is 1. The van der Waals surface area contributed by atoms with Crippen molar-refractivity contribution in [2.75, 3.05) is 6.54 Å². The van der Waals surface area contributed by atoms with Gasteiger partial charge >= 0.3 is 0 Å². The largest absolute Gasteiger partial charge is 0.352 e. The van der Waals surface area contributed by atoms with Gasteiger partial charge in [0.2, 0.25) is 0 Å². The summed E-state index contributed by atoms with van der Waals surface area (Å²) in [7, 11) is 0. The van der Waals surface area contributed by atoms with E-state index in [0.29, 0.717) is 17.7 Å². The van der Waals surface area contributed by atoms with Gasteiger partial charge in [0.25, 0.3) is 0 Å². The van der Waals surface area contributed by atoms with Gasteiger partial charge < -0.3 is 10.3 Å². The molecule has 1 aliphatic carbocycles. The highest BCUT2D eigenvalue weighted by atomic mass is 16.1. The molecule has 0 saturated carbocycles. The molecule has 2 bridgehead atoms. The lowest BCUT2D eigenvalue weighted by Crippen LogP contribution is -2.46. The third-order valence-electron chi connectivity index (χ3n) is 4.88. The molecule has 3 nitrogen and oxygen atoms in total. The van der Waals surface area contributed by atoms with Gasteiger partial charge in [0, 0.05) is 28.4 Å². The number of rotatable bonds is 1. The molecule has 1 aliphatic heterocycles. The van der Waals surface area contributed by atoms with E-state index in [1.165, 1.54) is 10.9 Å². The van der Waals surface area contributed by atoms with Crippen LogP contribution in [0.25, 0.3) is 10.9 Å². The molecular weight excluding hydrogens is 236 g/mol. The van der Waals surface area contributed by atoms with Crippen LogP contribution in [0.4, 0.5) is 0 Å². The molecule has 2 N–H and O–H groups in total. The minimum Gasteiger partial charge on any atom is -0.352 e. The first-order chi connectivity index (χ1) is 9.31. The summed E-state index contributed by atoms with van der Waals surface area (Å²) in [6.07, 6.45) is 2.04. The van der Waals surface area contributed by atoms with Crippen LogP contribution in [0.3, 0.4) is 0 Å². The van der Waals surface area contributed by atoms with Gasteiger partial charge in [0.1, 0.15) is 0 Å². The van der Waals surface area contributed by atoms with Crippen molar-refractivity contribution >= 4 is 16.7 Å². The highest BCUT2D eigenvalue weighted by Crippen LogP contribution is 2.46. The molecule has 98 valence electrons. The van der Waals surface area contributed by atoms with Crippen LogP contribution < -0.4 is 5.32 Å². The first-order valence-electron chi connectivity index (χ1n) is 7.19. The Morgan fingerprint density at radius 2 is 2.16 bits per heavy atom. The molecule has 19 heavy (non-hydrogen) atoms. The Morgan fingerprint density at radius 3 is 3.00 bits per heavy atom. The maximum atomic E-state index is 12.7. The van der Waals surface area contributed by atoms with Crippen LogP contribution in [-0.2, 0) is 0 Å². The number of aromatic nitrogens is 1. The lowest BCUT2D eigenvalue weighted by Gasteiger charge is -2.41. The molecule has 1 aromatic heterocycles. The van der Waals surface area contributed by atoms with E-state index < -0.39 is 0 Å². The summed E-state index contributed by atoms with van der Waals surface area (Å²) in [6, 6.07) is 8.60. The fourth-order valence-electron chi connectivity index (χ4n) is 4.02. The van der Waals surface area contributed by atoms with Gasteiger partial charge in [-0.1, -0.05) is 31.5 Å². The van der Waals surface area contributed by atoms with Crippen molar-refractivity contribution in [3.8, 4) is 0 Å². The van der Waals surface area contributed by atoms with E-state index >= 15 is 0 Å². The number of nitrogens with one attached hydrogen (secondary N) is 2. The second kappa shape index (κ2) is 3.94. The Kier molecular flexibility index (Phi) is 2.33. The fourth-order valence-corrected chi connectivity index (χ4v) is 4.02. The Hall–Kier alpha value is -1.61. The number of H-pyrrole nitrogens is 1. The zero-order valence-electron chi connectivity index (χ0n) is 11.1. The van der Waals surface area contributed by atoms with Crippen LogP contribution in [0.5, 0.6) is 0 Å². The summed E-state index contributed by atoms with van der Waals surface area (Å²) < 4.78 is 0. The lowest BCUT2D eigenvalue weighted by molar-refractivity contribution is 0.0737. The lowest BCUT2D eigenvalue weighted by atomic mass is 9.69. The van der Waals surface area contributed by atoms with Crippen LogP contribution >= 0.6 is 0 Å². The number of hydrogen-bond donors (Lipinski definition) is 2. The Bertz CT molecular complexity index is 658. The van der Waals surface area contributed by atoms with Gasteiger partial charge in [-0.15, -0.1) is 0 Å². The van der Waals surface area contributed by atoms with E-state index in [9.17, 15) is 4.79 Å². The predicted molar refractivity (Wildman–Crippen MR) is 75.3 cm³/mol. The van der Waals surface area contributed by atoms with E-state index in [4.69, 9.17) is 0 Å². The standard InChI is InChI=1S/C16H18N2O/c1-2-9-10-7-8-17-14(9)13-11-5-3-4-6-12(11)18-15(13)16(10)19/h3-6,9-10,14,17-18H,2,7-8H2,1H3/t9-,10-,14+/m0/s1. The van der Waals surface area contributed by atoms with Gasteiger partial charge in [-0.2, -0.15) is 0 Å². The quantitative estimate of drug-likeness (QED) is 0.821. The van der Waals surface area contributed by atoms with Crippen molar-refractivity contribution in [2.24, 2.45) is 11.8 Å². The number of benzene rings is 1. The molecule has 2 heterocycles. The molecule has 4 rings (SSSR count). The SMILES string of the molecule is CC[C@H]1[C@@H]2CCN[C@H]1c1c([nH]c3ccccc13)C2=O. The minimum atomic E-state index is 0.205. The summed E-state index contributed by atoms with van der Waals surface area (Å²) >= 11 is 0. The van der Waals surface area contributed by atoms with Crippen molar-refractivity contribution in [3.63, 3.8) is 0 Å². The average Bonchev–Trinajstić information content (AvgIpc) is 2.83. The second-order valence-electron chi connectivity index (χ2n) is 5.72. The maximum absolute atomic E-state index is 12.7. The summed E-state index contributed by atoms with van der Waals surface area (Å²) in [6.45, 7) is 3.15. The third-order valence-corrected chi connectivity index (χ3v) is 4.88. The smallest absolute Gasteiger partial charge is 0.182 e. The number of fused-ring (bicyclic) bond motifs is 6. The van der Waals surface area contributed by atoms with Crippen LogP contribution in [0.15, 0.2) is 24.3 Å². The number of aromatic amines is 1. The number of Topliss-reactive ketones (excluding diaryl/α,β-unsaturated/α-hetero) is 1.